The Morgan fingerprint density at radius 3 is 1.89 bits per heavy atom. The van der Waals surface area contributed by atoms with Gasteiger partial charge in [-0.05, 0) is 70.9 Å². The smallest absolute Gasteiger partial charge is 0.293 e. The van der Waals surface area contributed by atoms with E-state index in [9.17, 15) is 18.8 Å². The van der Waals surface area contributed by atoms with E-state index in [1.54, 1.807) is 60.7 Å². The highest BCUT2D eigenvalue weighted by Gasteiger charge is 2.35. The number of methoxy groups -OCH3 is 2. The number of halogens is 1. The molecule has 44 heavy (non-hydrogen) atoms. The summed E-state index contributed by atoms with van der Waals surface area (Å²) in [6, 6.07) is 24.0. The molecule has 0 atom stereocenters. The summed E-state index contributed by atoms with van der Waals surface area (Å²) in [6.07, 6.45) is 2.35. The summed E-state index contributed by atoms with van der Waals surface area (Å²) in [5, 5.41) is -0.457. The molecule has 5 rings (SSSR count). The van der Waals surface area contributed by atoms with Gasteiger partial charge in [0.15, 0.2) is 23.0 Å². The normalized spacial score (nSPS) is 13.7. The molecule has 1 fully saturated rings. The first-order valence-corrected chi connectivity index (χ1v) is 14.3. The minimum absolute atomic E-state index is 0.135. The number of benzene rings is 4. The van der Waals surface area contributed by atoms with E-state index >= 15 is 0 Å². The molecular formula is C34H28FNO7S. The third-order valence-electron chi connectivity index (χ3n) is 6.78. The zero-order valence-corrected chi connectivity index (χ0v) is 24.8. The molecule has 0 N–H and O–H groups in total. The van der Waals surface area contributed by atoms with Crippen molar-refractivity contribution in [2.45, 2.75) is 19.8 Å². The van der Waals surface area contributed by atoms with E-state index in [4.69, 9.17) is 18.9 Å². The molecular weight excluding hydrogens is 585 g/mol. The number of carbonyl (C=O) groups is 3. The summed E-state index contributed by atoms with van der Waals surface area (Å²) in [7, 11) is 3.04. The Kier molecular flexibility index (Phi) is 9.61. The van der Waals surface area contributed by atoms with Gasteiger partial charge in [-0.15, -0.1) is 0 Å². The van der Waals surface area contributed by atoms with Crippen molar-refractivity contribution >= 4 is 35.3 Å². The average molecular weight is 614 g/mol. The monoisotopic (exact) mass is 613 g/mol. The molecule has 10 heteroatoms. The number of imide groups is 1. The maximum atomic E-state index is 14.1. The van der Waals surface area contributed by atoms with Crippen molar-refractivity contribution in [2.75, 3.05) is 14.2 Å². The number of ether oxygens (including phenoxy) is 4. The third kappa shape index (κ3) is 7.09. The molecule has 0 aromatic heterocycles. The largest absolute Gasteiger partial charge is 0.493 e. The van der Waals surface area contributed by atoms with Gasteiger partial charge in [0.25, 0.3) is 11.1 Å². The molecule has 0 spiro atoms. The van der Waals surface area contributed by atoms with Crippen LogP contribution in [0.2, 0.25) is 0 Å². The first-order valence-electron chi connectivity index (χ1n) is 13.5. The predicted octanol–water partition coefficient (Wildman–Crippen LogP) is 7.05. The fraction of sp³-hybridized carbons (Fsp3) is 0.147. The van der Waals surface area contributed by atoms with Gasteiger partial charge in [-0.2, -0.15) is 0 Å². The van der Waals surface area contributed by atoms with Gasteiger partial charge in [-0.25, -0.2) is 4.39 Å². The number of rotatable bonds is 12. The van der Waals surface area contributed by atoms with Crippen molar-refractivity contribution in [2.24, 2.45) is 0 Å². The standard InChI is InChI=1S/C34H28FNO7S/c1-40-30-15-24(17-32-33(38)36(34(39)44-32)18-26-5-3-4-6-27(26)35)11-13-28(30)42-20-22-7-9-23(10-8-22)21-43-29-14-12-25(19-37)16-31(29)41-2/h3-17,19H,18,20-21H2,1-2H3/b32-17-. The number of aldehydes is 1. The van der Waals surface area contributed by atoms with Gasteiger partial charge in [0.1, 0.15) is 25.3 Å². The van der Waals surface area contributed by atoms with Gasteiger partial charge < -0.3 is 18.9 Å². The van der Waals surface area contributed by atoms with Crippen molar-refractivity contribution in [3.05, 3.63) is 123 Å². The Labute approximate surface area is 258 Å². The van der Waals surface area contributed by atoms with Crippen LogP contribution in [0.15, 0.2) is 89.8 Å². The van der Waals surface area contributed by atoms with E-state index in [2.05, 4.69) is 0 Å². The molecule has 2 amide bonds. The van der Waals surface area contributed by atoms with Crippen LogP contribution in [0.5, 0.6) is 23.0 Å². The fourth-order valence-corrected chi connectivity index (χ4v) is 5.25. The van der Waals surface area contributed by atoms with Crippen LogP contribution < -0.4 is 18.9 Å². The molecule has 4 aromatic carbocycles. The lowest BCUT2D eigenvalue weighted by Gasteiger charge is -2.13. The summed E-state index contributed by atoms with van der Waals surface area (Å²) >= 11 is 0.810. The van der Waals surface area contributed by atoms with Crippen LogP contribution in [-0.4, -0.2) is 36.6 Å². The van der Waals surface area contributed by atoms with E-state index in [1.807, 2.05) is 24.3 Å². The van der Waals surface area contributed by atoms with Gasteiger partial charge in [0.2, 0.25) is 0 Å². The van der Waals surface area contributed by atoms with Crippen LogP contribution >= 0.6 is 11.8 Å². The summed E-state index contributed by atoms with van der Waals surface area (Å²) in [4.78, 5) is 37.7. The number of carbonyl (C=O) groups excluding carboxylic acids is 3. The molecule has 8 nitrogen and oxygen atoms in total. The Bertz CT molecular complexity index is 1720. The van der Waals surface area contributed by atoms with E-state index in [1.165, 1.54) is 20.3 Å². The van der Waals surface area contributed by atoms with Crippen molar-refractivity contribution in [1.29, 1.82) is 0 Å². The highest BCUT2D eigenvalue weighted by atomic mass is 32.2. The summed E-state index contributed by atoms with van der Waals surface area (Å²) in [5.41, 5.74) is 3.29. The van der Waals surface area contributed by atoms with Gasteiger partial charge in [-0.1, -0.05) is 48.5 Å². The zero-order chi connectivity index (χ0) is 31.1. The Morgan fingerprint density at radius 1 is 0.750 bits per heavy atom. The molecule has 1 aliphatic rings. The van der Waals surface area contributed by atoms with E-state index in [-0.39, 0.29) is 23.6 Å². The van der Waals surface area contributed by atoms with E-state index < -0.39 is 17.0 Å². The number of thioether (sulfide) groups is 1. The van der Waals surface area contributed by atoms with Gasteiger partial charge in [0.05, 0.1) is 25.7 Å². The van der Waals surface area contributed by atoms with Crippen molar-refractivity contribution in [1.82, 2.24) is 4.90 Å². The fourth-order valence-electron chi connectivity index (χ4n) is 4.41. The Hall–Kier alpha value is -5.09. The first-order chi connectivity index (χ1) is 21.4. The molecule has 1 aliphatic heterocycles. The van der Waals surface area contributed by atoms with Crippen LogP contribution in [0.4, 0.5) is 9.18 Å². The minimum atomic E-state index is -0.480. The van der Waals surface area contributed by atoms with Crippen molar-refractivity contribution in [3.63, 3.8) is 0 Å². The van der Waals surface area contributed by atoms with Gasteiger partial charge in [0, 0.05) is 11.1 Å². The predicted molar refractivity (Wildman–Crippen MR) is 164 cm³/mol. The SMILES string of the molecule is COc1cc(C=O)ccc1OCc1ccc(COc2ccc(/C=C3\SC(=O)N(Cc4ccccc4F)C3=O)cc2OC)cc1. The lowest BCUT2D eigenvalue weighted by molar-refractivity contribution is -0.123. The van der Waals surface area contributed by atoms with Crippen molar-refractivity contribution in [3.8, 4) is 23.0 Å². The Morgan fingerprint density at radius 2 is 1.32 bits per heavy atom. The topological polar surface area (TPSA) is 91.4 Å². The molecule has 224 valence electrons. The molecule has 0 aliphatic carbocycles. The maximum Gasteiger partial charge on any atom is 0.293 e. The van der Waals surface area contributed by atoms with Crippen LogP contribution in [-0.2, 0) is 24.6 Å². The van der Waals surface area contributed by atoms with E-state index in [0.717, 1.165) is 34.1 Å². The molecule has 0 saturated carbocycles. The van der Waals surface area contributed by atoms with Crippen LogP contribution in [0.3, 0.4) is 0 Å². The number of nitrogens with zero attached hydrogens (tertiary/aromatic N) is 1. The lowest BCUT2D eigenvalue weighted by atomic mass is 10.1. The average Bonchev–Trinajstić information content (AvgIpc) is 3.31. The van der Waals surface area contributed by atoms with Crippen molar-refractivity contribution < 1.29 is 37.7 Å². The number of hydrogen-bond donors (Lipinski definition) is 0. The van der Waals surface area contributed by atoms with E-state index in [0.29, 0.717) is 40.7 Å². The van der Waals surface area contributed by atoms with Crippen LogP contribution in [0.1, 0.15) is 32.6 Å². The second kappa shape index (κ2) is 13.9. The molecule has 0 bridgehead atoms. The number of amides is 2. The summed E-state index contributed by atoms with van der Waals surface area (Å²) < 4.78 is 36.8. The van der Waals surface area contributed by atoms with Crippen LogP contribution in [0, 0.1) is 5.82 Å². The third-order valence-corrected chi connectivity index (χ3v) is 7.69. The van der Waals surface area contributed by atoms with Crippen LogP contribution in [0.25, 0.3) is 6.08 Å². The molecule has 1 heterocycles. The summed E-state index contributed by atoms with van der Waals surface area (Å²) in [6.45, 7) is 0.465. The Balaban J connectivity index is 1.19. The lowest BCUT2D eigenvalue weighted by Crippen LogP contribution is -2.27. The second-order valence-electron chi connectivity index (χ2n) is 9.69. The quantitative estimate of drug-likeness (QED) is 0.124. The van der Waals surface area contributed by atoms with Gasteiger partial charge >= 0.3 is 0 Å². The van der Waals surface area contributed by atoms with Gasteiger partial charge in [-0.3, -0.25) is 19.3 Å². The zero-order valence-electron chi connectivity index (χ0n) is 24.0. The summed E-state index contributed by atoms with van der Waals surface area (Å²) in [5.74, 6) is 1.05. The highest BCUT2D eigenvalue weighted by molar-refractivity contribution is 8.18. The molecule has 0 radical (unpaired) electrons. The maximum absolute atomic E-state index is 14.1. The second-order valence-corrected chi connectivity index (χ2v) is 10.7. The minimum Gasteiger partial charge on any atom is -0.493 e. The molecule has 4 aromatic rings. The molecule has 1 saturated heterocycles. The number of hydrogen-bond acceptors (Lipinski definition) is 8. The highest BCUT2D eigenvalue weighted by Crippen LogP contribution is 2.36. The molecule has 0 unspecified atom stereocenters. The first kappa shape index (κ1) is 30.4.